The molecule has 1 heterocycles. The van der Waals surface area contributed by atoms with Gasteiger partial charge in [0.05, 0.1) is 0 Å². The summed E-state index contributed by atoms with van der Waals surface area (Å²) in [6.07, 6.45) is 0.161. The van der Waals surface area contributed by atoms with Gasteiger partial charge in [0.2, 0.25) is 0 Å². The van der Waals surface area contributed by atoms with Crippen LogP contribution in [-0.4, -0.2) is 44.8 Å². The second-order valence-electron chi connectivity index (χ2n) is 3.69. The third kappa shape index (κ3) is 4.10. The van der Waals surface area contributed by atoms with E-state index in [9.17, 15) is 14.3 Å². The molecule has 1 fully saturated rings. The van der Waals surface area contributed by atoms with E-state index in [1.807, 2.05) is 0 Å². The average Bonchev–Trinajstić information content (AvgIpc) is 2.31. The van der Waals surface area contributed by atoms with E-state index in [-0.39, 0.29) is 32.1 Å². The van der Waals surface area contributed by atoms with Gasteiger partial charge < -0.3 is 0 Å². The monoisotopic (exact) mass is 227 g/mol. The summed E-state index contributed by atoms with van der Waals surface area (Å²) in [5.74, 6) is -1.33. The molecule has 2 unspecified atom stereocenters. The summed E-state index contributed by atoms with van der Waals surface area (Å²) in [5, 5.41) is 2.80. The predicted octanol–water partition coefficient (Wildman–Crippen LogP) is -0.922. The number of carbonyl (C=O) groups is 2. The van der Waals surface area contributed by atoms with Crippen LogP contribution in [0.25, 0.3) is 0 Å². The Balaban J connectivity index is 2.54. The summed E-state index contributed by atoms with van der Waals surface area (Å²) >= 11 is 0. The van der Waals surface area contributed by atoms with E-state index >= 15 is 0 Å². The zero-order chi connectivity index (χ0) is 12.0. The minimum atomic E-state index is -0.489. The van der Waals surface area contributed by atoms with Crippen molar-refractivity contribution in [2.24, 2.45) is 5.92 Å². The Labute approximate surface area is 93.9 Å². The van der Waals surface area contributed by atoms with Crippen LogP contribution in [0.15, 0.2) is 0 Å². The molecule has 1 saturated heterocycles. The van der Waals surface area contributed by atoms with Gasteiger partial charge in [0, 0.05) is 0 Å². The van der Waals surface area contributed by atoms with Gasteiger partial charge >= 0.3 is 93.1 Å². The van der Waals surface area contributed by atoms with Crippen LogP contribution in [0.3, 0.4) is 0 Å². The van der Waals surface area contributed by atoms with Gasteiger partial charge in [-0.05, 0) is 0 Å². The number of carbonyl (C=O) groups excluding carboxylic acids is 2. The summed E-state index contributed by atoms with van der Waals surface area (Å²) in [7, 11) is 0.693. The molecule has 16 heavy (non-hydrogen) atoms. The number of hydrogen-bond donors (Lipinski definition) is 1. The Kier molecular flexibility index (Phi) is 5.11. The van der Waals surface area contributed by atoms with Crippen molar-refractivity contribution in [3.8, 4) is 0 Å². The molecule has 0 aliphatic carbocycles. The maximum absolute atomic E-state index is 11.4. The molecule has 0 aromatic heterocycles. The fourth-order valence-electron chi connectivity index (χ4n) is 1.29. The van der Waals surface area contributed by atoms with Crippen molar-refractivity contribution in [1.29, 1.82) is 0 Å². The summed E-state index contributed by atoms with van der Waals surface area (Å²) in [5.41, 5.74) is 0. The first-order valence-corrected chi connectivity index (χ1v) is 5.12. The molecular formula is C9H14BNO5. The maximum atomic E-state index is 11.4. The Morgan fingerprint density at radius 1 is 1.38 bits per heavy atom. The zero-order valence-electron chi connectivity index (χ0n) is 9.10. The van der Waals surface area contributed by atoms with Crippen molar-refractivity contribution < 1.29 is 23.8 Å². The SMILES string of the molecule is CC1CC(=O)OCC(NCB=O)COC1=O. The number of hydrogen-bond acceptors (Lipinski definition) is 6. The minimum absolute atomic E-state index is 0.0270. The van der Waals surface area contributed by atoms with Crippen molar-refractivity contribution in [3.63, 3.8) is 0 Å². The van der Waals surface area contributed by atoms with Gasteiger partial charge in [0.1, 0.15) is 0 Å². The molecule has 0 radical (unpaired) electrons. The van der Waals surface area contributed by atoms with Gasteiger partial charge in [0.15, 0.2) is 0 Å². The van der Waals surface area contributed by atoms with Gasteiger partial charge in [-0.1, -0.05) is 0 Å². The third-order valence-electron chi connectivity index (χ3n) is 2.24. The molecule has 0 saturated carbocycles. The predicted molar refractivity (Wildman–Crippen MR) is 53.9 cm³/mol. The van der Waals surface area contributed by atoms with Crippen molar-refractivity contribution in [2.75, 3.05) is 19.7 Å². The van der Waals surface area contributed by atoms with Gasteiger partial charge in [0.25, 0.3) is 0 Å². The van der Waals surface area contributed by atoms with Crippen LogP contribution < -0.4 is 5.32 Å². The topological polar surface area (TPSA) is 81.7 Å². The number of cyclic esters (lactones) is 2. The summed E-state index contributed by atoms with van der Waals surface area (Å²) < 4.78 is 20.1. The molecule has 0 amide bonds. The second kappa shape index (κ2) is 6.37. The molecule has 7 heteroatoms. The summed E-state index contributed by atoms with van der Waals surface area (Å²) in [4.78, 5) is 22.6. The standard InChI is InChI=1S/C9H14BNO5/c1-6-2-8(12)15-3-7(11-5-10-14)4-16-9(6)13/h6-7,11H,2-5H2,1H3. The van der Waals surface area contributed by atoms with Crippen molar-refractivity contribution in [3.05, 3.63) is 0 Å². The molecule has 0 aromatic carbocycles. The van der Waals surface area contributed by atoms with Crippen LogP contribution >= 0.6 is 0 Å². The van der Waals surface area contributed by atoms with E-state index in [1.54, 1.807) is 6.92 Å². The van der Waals surface area contributed by atoms with Gasteiger partial charge in [-0.15, -0.1) is 0 Å². The Morgan fingerprint density at radius 3 is 2.75 bits per heavy atom. The van der Waals surface area contributed by atoms with E-state index in [2.05, 4.69) is 5.32 Å². The van der Waals surface area contributed by atoms with E-state index < -0.39 is 17.9 Å². The molecule has 1 rings (SSSR count). The average molecular weight is 227 g/mol. The van der Waals surface area contributed by atoms with Gasteiger partial charge in [-0.25, -0.2) is 0 Å². The van der Waals surface area contributed by atoms with Crippen molar-refractivity contribution in [2.45, 2.75) is 19.4 Å². The van der Waals surface area contributed by atoms with E-state index in [4.69, 9.17) is 9.47 Å². The van der Waals surface area contributed by atoms with E-state index in [0.29, 0.717) is 7.15 Å². The normalized spacial score (nSPS) is 26.8. The molecule has 1 aliphatic rings. The number of nitrogens with one attached hydrogen (secondary N) is 1. The molecule has 2 atom stereocenters. The molecule has 0 bridgehead atoms. The quantitative estimate of drug-likeness (QED) is 0.495. The van der Waals surface area contributed by atoms with Crippen LogP contribution in [0.4, 0.5) is 0 Å². The van der Waals surface area contributed by atoms with Crippen LogP contribution in [0.2, 0.25) is 0 Å². The third-order valence-corrected chi connectivity index (χ3v) is 2.24. The first-order valence-electron chi connectivity index (χ1n) is 5.12. The zero-order valence-corrected chi connectivity index (χ0v) is 9.10. The number of esters is 2. The van der Waals surface area contributed by atoms with Crippen molar-refractivity contribution in [1.82, 2.24) is 5.32 Å². The Hall–Kier alpha value is -1.24. The molecule has 0 aromatic rings. The second-order valence-corrected chi connectivity index (χ2v) is 3.69. The van der Waals surface area contributed by atoms with Gasteiger partial charge in [-0.2, -0.15) is 0 Å². The molecule has 0 spiro atoms. The van der Waals surface area contributed by atoms with Gasteiger partial charge in [-0.3, -0.25) is 0 Å². The Bertz CT molecular complexity index is 283. The number of ether oxygens (including phenoxy) is 2. The summed E-state index contributed by atoms with van der Waals surface area (Å²) in [6, 6.07) is -0.330. The Morgan fingerprint density at radius 2 is 2.06 bits per heavy atom. The fourth-order valence-corrected chi connectivity index (χ4v) is 1.29. The van der Waals surface area contributed by atoms with E-state index in [0.717, 1.165) is 0 Å². The molecular weight excluding hydrogens is 213 g/mol. The van der Waals surface area contributed by atoms with Crippen LogP contribution in [0.5, 0.6) is 0 Å². The van der Waals surface area contributed by atoms with Crippen LogP contribution in [0.1, 0.15) is 13.3 Å². The summed E-state index contributed by atoms with van der Waals surface area (Å²) in [6.45, 7) is 1.82. The molecule has 1 N–H and O–H groups in total. The molecule has 6 nitrogen and oxygen atoms in total. The van der Waals surface area contributed by atoms with E-state index in [1.165, 1.54) is 0 Å². The van der Waals surface area contributed by atoms with Crippen molar-refractivity contribution >= 4 is 19.1 Å². The van der Waals surface area contributed by atoms with Crippen LogP contribution in [0, 0.1) is 5.92 Å². The van der Waals surface area contributed by atoms with Crippen LogP contribution in [-0.2, 0) is 23.8 Å². The first kappa shape index (κ1) is 12.8. The first-order chi connectivity index (χ1) is 7.63. The molecule has 1 aliphatic heterocycles. The molecule has 88 valence electrons. The fraction of sp³-hybridized carbons (Fsp3) is 0.778. The number of rotatable bonds is 3.